The van der Waals surface area contributed by atoms with Crippen LogP contribution in [0.3, 0.4) is 0 Å². The number of nitrogens with zero attached hydrogens (tertiary/aromatic N) is 1. The second-order valence-corrected chi connectivity index (χ2v) is 9.86. The molecule has 2 saturated carbocycles. The van der Waals surface area contributed by atoms with Gasteiger partial charge in [0.1, 0.15) is 5.75 Å². The molecule has 1 aromatic rings. The summed E-state index contributed by atoms with van der Waals surface area (Å²) in [4.78, 5) is 14.5. The second kappa shape index (κ2) is 6.69. The quantitative estimate of drug-likeness (QED) is 0.617. The zero-order valence-electron chi connectivity index (χ0n) is 17.3. The number of likely N-dealkylation sites (tertiary alicyclic amines) is 1. The summed E-state index contributed by atoms with van der Waals surface area (Å²) in [6.07, 6.45) is 7.86. The first-order valence-electron chi connectivity index (χ1n) is 11.2. The molecule has 2 bridgehead atoms. The van der Waals surface area contributed by atoms with Crippen LogP contribution < -0.4 is 11.1 Å². The number of hydrogen-bond donors (Lipinski definition) is 4. The lowest BCUT2D eigenvalue weighted by Gasteiger charge is -2.65. The predicted octanol–water partition coefficient (Wildman–Crippen LogP) is 1.66. The van der Waals surface area contributed by atoms with Crippen molar-refractivity contribution in [3.63, 3.8) is 0 Å². The smallest absolute Gasteiger partial charge is 0.252 e. The number of nitrogens with one attached hydrogen (secondary N) is 1. The van der Waals surface area contributed by atoms with Gasteiger partial charge in [0, 0.05) is 29.6 Å². The van der Waals surface area contributed by atoms with Gasteiger partial charge in [0.2, 0.25) is 0 Å². The van der Waals surface area contributed by atoms with Crippen molar-refractivity contribution in [1.82, 2.24) is 10.2 Å². The molecule has 1 aromatic carbocycles. The van der Waals surface area contributed by atoms with Crippen molar-refractivity contribution < 1.29 is 15.0 Å². The zero-order chi connectivity index (χ0) is 20.4. The van der Waals surface area contributed by atoms with Gasteiger partial charge in [-0.3, -0.25) is 9.69 Å². The molecule has 3 aliphatic carbocycles. The van der Waals surface area contributed by atoms with E-state index in [0.717, 1.165) is 55.8 Å². The normalized spacial score (nSPS) is 36.8. The highest BCUT2D eigenvalue weighted by molar-refractivity contribution is 5.96. The zero-order valence-corrected chi connectivity index (χ0v) is 17.3. The number of piperidine rings is 1. The minimum atomic E-state index is -0.886. The van der Waals surface area contributed by atoms with E-state index in [1.165, 1.54) is 19.3 Å². The third kappa shape index (κ3) is 2.62. The lowest BCUT2D eigenvalue weighted by molar-refractivity contribution is -0.173. The minimum absolute atomic E-state index is 0.00364. The van der Waals surface area contributed by atoms with Crippen LogP contribution in [0.5, 0.6) is 5.75 Å². The first kappa shape index (κ1) is 19.3. The maximum atomic E-state index is 12.3. The molecule has 1 heterocycles. The molecule has 1 saturated heterocycles. The van der Waals surface area contributed by atoms with Crippen LogP contribution in [0.25, 0.3) is 0 Å². The summed E-state index contributed by atoms with van der Waals surface area (Å²) in [6.45, 7) is 2.00. The minimum Gasteiger partial charge on any atom is -0.507 e. The highest BCUT2D eigenvalue weighted by Crippen LogP contribution is 2.60. The van der Waals surface area contributed by atoms with E-state index in [2.05, 4.69) is 10.2 Å². The third-order valence-electron chi connectivity index (χ3n) is 8.66. The summed E-state index contributed by atoms with van der Waals surface area (Å²) in [5, 5.41) is 26.8. The van der Waals surface area contributed by atoms with Gasteiger partial charge < -0.3 is 21.3 Å². The number of phenols is 1. The van der Waals surface area contributed by atoms with E-state index in [1.807, 2.05) is 13.1 Å². The Kier molecular flexibility index (Phi) is 4.46. The fourth-order valence-electron chi connectivity index (χ4n) is 6.89. The van der Waals surface area contributed by atoms with Crippen LogP contribution in [0.4, 0.5) is 0 Å². The van der Waals surface area contributed by atoms with E-state index >= 15 is 0 Å². The Morgan fingerprint density at radius 2 is 2.10 bits per heavy atom. The number of amides is 1. The fourth-order valence-corrected chi connectivity index (χ4v) is 6.89. The van der Waals surface area contributed by atoms with Crippen LogP contribution in [0.2, 0.25) is 0 Å². The summed E-state index contributed by atoms with van der Waals surface area (Å²) in [5.74, 6) is 0.138. The molecule has 6 heteroatoms. The van der Waals surface area contributed by atoms with E-state index in [-0.39, 0.29) is 23.4 Å². The molecule has 0 aromatic heterocycles. The van der Waals surface area contributed by atoms with Gasteiger partial charge in [-0.2, -0.15) is 0 Å². The Morgan fingerprint density at radius 3 is 2.76 bits per heavy atom. The molecule has 1 aliphatic heterocycles. The van der Waals surface area contributed by atoms with E-state index in [4.69, 9.17) is 5.73 Å². The second-order valence-electron chi connectivity index (χ2n) is 9.86. The largest absolute Gasteiger partial charge is 0.507 e. The molecule has 0 spiro atoms. The number of benzene rings is 1. The Bertz CT molecular complexity index is 839. The van der Waals surface area contributed by atoms with Gasteiger partial charge in [-0.05, 0) is 76.1 Å². The van der Waals surface area contributed by atoms with Crippen molar-refractivity contribution in [2.45, 2.75) is 74.5 Å². The molecule has 3 fully saturated rings. The SMILES string of the molecule is CNC1CC[C@@]2(O)[C@H]3Cc4ccc(C(N)=O)c(O)c4[C@@]2(CCN3CC2CCC2)C1. The number of rotatable bonds is 4. The maximum absolute atomic E-state index is 12.3. The summed E-state index contributed by atoms with van der Waals surface area (Å²) in [5.41, 5.74) is 6.14. The van der Waals surface area contributed by atoms with Crippen LogP contribution >= 0.6 is 0 Å². The summed E-state index contributed by atoms with van der Waals surface area (Å²) in [7, 11) is 1.97. The average molecular weight is 400 g/mol. The average Bonchev–Trinajstić information content (AvgIpc) is 2.65. The lowest BCUT2D eigenvalue weighted by Crippen LogP contribution is -2.74. The molecule has 1 unspecified atom stereocenters. The Hall–Kier alpha value is -1.63. The lowest BCUT2D eigenvalue weighted by atomic mass is 9.48. The van der Waals surface area contributed by atoms with Gasteiger partial charge >= 0.3 is 0 Å². The maximum Gasteiger partial charge on any atom is 0.252 e. The Labute approximate surface area is 172 Å². The van der Waals surface area contributed by atoms with Gasteiger partial charge in [-0.25, -0.2) is 0 Å². The van der Waals surface area contributed by atoms with Crippen LogP contribution in [0.1, 0.15) is 66.4 Å². The number of carbonyl (C=O) groups excluding carboxylic acids is 1. The van der Waals surface area contributed by atoms with Crippen molar-refractivity contribution >= 4 is 5.91 Å². The number of primary amides is 1. The molecular weight excluding hydrogens is 366 g/mol. The van der Waals surface area contributed by atoms with E-state index in [0.29, 0.717) is 6.42 Å². The third-order valence-corrected chi connectivity index (χ3v) is 8.66. The Morgan fingerprint density at radius 1 is 1.31 bits per heavy atom. The van der Waals surface area contributed by atoms with Crippen molar-refractivity contribution in [3.8, 4) is 5.75 Å². The fraction of sp³-hybridized carbons (Fsp3) is 0.696. The number of aromatic hydroxyl groups is 1. The van der Waals surface area contributed by atoms with Gasteiger partial charge in [-0.1, -0.05) is 12.5 Å². The molecule has 5 rings (SSSR count). The van der Waals surface area contributed by atoms with Crippen LogP contribution in [-0.4, -0.2) is 58.8 Å². The predicted molar refractivity (Wildman–Crippen MR) is 111 cm³/mol. The molecule has 6 nitrogen and oxygen atoms in total. The van der Waals surface area contributed by atoms with Gasteiger partial charge in [-0.15, -0.1) is 0 Å². The Balaban J connectivity index is 1.64. The summed E-state index contributed by atoms with van der Waals surface area (Å²) < 4.78 is 0. The number of carbonyl (C=O) groups is 1. The molecule has 4 atom stereocenters. The highest BCUT2D eigenvalue weighted by atomic mass is 16.3. The van der Waals surface area contributed by atoms with Crippen molar-refractivity contribution in [3.05, 3.63) is 28.8 Å². The molecule has 4 aliphatic rings. The molecule has 0 radical (unpaired) electrons. The number of aliphatic hydroxyl groups is 1. The molecular formula is C23H33N3O3. The highest BCUT2D eigenvalue weighted by Gasteiger charge is 2.65. The first-order chi connectivity index (χ1) is 13.9. The van der Waals surface area contributed by atoms with E-state index < -0.39 is 16.9 Å². The summed E-state index contributed by atoms with van der Waals surface area (Å²) >= 11 is 0. The van der Waals surface area contributed by atoms with E-state index in [9.17, 15) is 15.0 Å². The van der Waals surface area contributed by atoms with Crippen LogP contribution in [-0.2, 0) is 11.8 Å². The number of fused-ring (bicyclic) bond motifs is 1. The van der Waals surface area contributed by atoms with Crippen LogP contribution in [0, 0.1) is 5.92 Å². The van der Waals surface area contributed by atoms with E-state index in [1.54, 1.807) is 6.07 Å². The van der Waals surface area contributed by atoms with Crippen molar-refractivity contribution in [2.24, 2.45) is 11.7 Å². The number of hydrogen-bond acceptors (Lipinski definition) is 5. The molecule has 158 valence electrons. The van der Waals surface area contributed by atoms with Crippen molar-refractivity contribution in [1.29, 1.82) is 0 Å². The monoisotopic (exact) mass is 399 g/mol. The van der Waals surface area contributed by atoms with Gasteiger partial charge in [0.05, 0.1) is 11.2 Å². The molecule has 1 amide bonds. The van der Waals surface area contributed by atoms with Crippen LogP contribution in [0.15, 0.2) is 12.1 Å². The summed E-state index contributed by atoms with van der Waals surface area (Å²) in [6, 6.07) is 3.97. The van der Waals surface area contributed by atoms with Crippen molar-refractivity contribution in [2.75, 3.05) is 20.1 Å². The molecule has 5 N–H and O–H groups in total. The number of nitrogens with two attached hydrogens (primary N) is 1. The standard InChI is InChI=1S/C23H33N3O3/c1-25-16-7-8-23(29)18-11-15-5-6-17(21(24)28)20(27)19(15)22(23,12-16)9-10-26(18)13-14-3-2-4-14/h5-6,14,16,18,25,27,29H,2-4,7-13H2,1H3,(H2,24,28)/t16?,18-,22-,23-/m1/s1. The topological polar surface area (TPSA) is 98.8 Å². The van der Waals surface area contributed by atoms with Gasteiger partial charge in [0.25, 0.3) is 5.91 Å². The van der Waals surface area contributed by atoms with Gasteiger partial charge in [0.15, 0.2) is 0 Å². The molecule has 29 heavy (non-hydrogen) atoms. The first-order valence-corrected chi connectivity index (χ1v) is 11.2.